The van der Waals surface area contributed by atoms with Gasteiger partial charge in [0.05, 0.1) is 11.4 Å². The molecule has 0 unspecified atom stereocenters. The molecular weight excluding hydrogens is 324 g/mol. The van der Waals surface area contributed by atoms with Crippen LogP contribution in [0, 0.1) is 13.8 Å². The van der Waals surface area contributed by atoms with Crippen LogP contribution >= 0.6 is 0 Å². The van der Waals surface area contributed by atoms with E-state index in [1.54, 1.807) is 0 Å². The number of aromatic nitrogens is 2. The third kappa shape index (κ3) is 3.16. The van der Waals surface area contributed by atoms with Gasteiger partial charge in [-0.25, -0.2) is 4.68 Å². The lowest BCUT2D eigenvalue weighted by Crippen LogP contribution is -2.63. The maximum atomic E-state index is 12.7. The Balaban J connectivity index is 1.39. The van der Waals surface area contributed by atoms with Crippen molar-refractivity contribution in [1.29, 1.82) is 0 Å². The van der Waals surface area contributed by atoms with Gasteiger partial charge in [-0.3, -0.25) is 9.69 Å². The zero-order valence-electron chi connectivity index (χ0n) is 16.0. The van der Waals surface area contributed by atoms with E-state index < -0.39 is 0 Å². The second kappa shape index (κ2) is 6.88. The van der Waals surface area contributed by atoms with Crippen molar-refractivity contribution in [2.45, 2.75) is 52.1 Å². The number of rotatable bonds is 3. The minimum Gasteiger partial charge on any atom is -0.335 e. The first kappa shape index (κ1) is 17.3. The van der Waals surface area contributed by atoms with Crippen LogP contribution in [0.2, 0.25) is 0 Å². The highest BCUT2D eigenvalue weighted by atomic mass is 16.2. The van der Waals surface area contributed by atoms with Crippen LogP contribution in [-0.2, 0) is 0 Å². The lowest BCUT2D eigenvalue weighted by Gasteiger charge is -2.49. The molecule has 4 rings (SSSR count). The van der Waals surface area contributed by atoms with Gasteiger partial charge in [0.1, 0.15) is 0 Å². The zero-order valence-corrected chi connectivity index (χ0v) is 16.0. The molecule has 0 N–H and O–H groups in total. The Kier molecular flexibility index (Phi) is 4.57. The van der Waals surface area contributed by atoms with Gasteiger partial charge in [-0.15, -0.1) is 0 Å². The summed E-state index contributed by atoms with van der Waals surface area (Å²) in [6.07, 6.45) is 3.93. The van der Waals surface area contributed by atoms with Crippen LogP contribution in [0.4, 0.5) is 0 Å². The van der Waals surface area contributed by atoms with Gasteiger partial charge < -0.3 is 4.90 Å². The number of amides is 1. The van der Waals surface area contributed by atoms with Crippen molar-refractivity contribution in [3.8, 4) is 5.69 Å². The number of hydrogen-bond donors (Lipinski definition) is 0. The Labute approximate surface area is 155 Å². The molecule has 2 saturated heterocycles. The highest BCUT2D eigenvalue weighted by Crippen LogP contribution is 2.25. The molecule has 0 saturated carbocycles. The second-order valence-electron chi connectivity index (χ2n) is 7.83. The summed E-state index contributed by atoms with van der Waals surface area (Å²) in [5, 5.41) is 4.50. The molecule has 1 aromatic carbocycles. The Bertz CT molecular complexity index is 789. The molecule has 2 aromatic rings. The molecule has 3 heterocycles. The fourth-order valence-electron chi connectivity index (χ4n) is 4.31. The van der Waals surface area contributed by atoms with Crippen LogP contribution in [0.3, 0.4) is 0 Å². The Hall–Kier alpha value is -2.14. The fraction of sp³-hybridized carbons (Fsp3) is 0.524. The van der Waals surface area contributed by atoms with Crippen molar-refractivity contribution in [2.75, 3.05) is 19.6 Å². The van der Waals surface area contributed by atoms with Gasteiger partial charge in [0.15, 0.2) is 0 Å². The SMILES string of the molecule is Cc1cc(C)n(-c2ccc(C(=O)N3CC(N4CCCC[C@H]4C)C3)cc2)n1. The number of aryl methyl sites for hydroxylation is 2. The molecule has 26 heavy (non-hydrogen) atoms. The number of piperidine rings is 1. The van der Waals surface area contributed by atoms with Crippen LogP contribution < -0.4 is 0 Å². The summed E-state index contributed by atoms with van der Waals surface area (Å²) in [6.45, 7) is 9.27. The van der Waals surface area contributed by atoms with Crippen molar-refractivity contribution in [3.05, 3.63) is 47.3 Å². The molecule has 1 aromatic heterocycles. The van der Waals surface area contributed by atoms with Gasteiger partial charge >= 0.3 is 0 Å². The molecule has 0 radical (unpaired) electrons. The first-order valence-electron chi connectivity index (χ1n) is 9.71. The summed E-state index contributed by atoms with van der Waals surface area (Å²) < 4.78 is 1.92. The van der Waals surface area contributed by atoms with E-state index >= 15 is 0 Å². The third-order valence-electron chi connectivity index (χ3n) is 5.84. The lowest BCUT2D eigenvalue weighted by molar-refractivity contribution is 0.00213. The Morgan fingerprint density at radius 1 is 1.12 bits per heavy atom. The van der Waals surface area contributed by atoms with Crippen LogP contribution in [0.15, 0.2) is 30.3 Å². The smallest absolute Gasteiger partial charge is 0.253 e. The molecular formula is C21H28N4O. The summed E-state index contributed by atoms with van der Waals surface area (Å²) in [4.78, 5) is 17.3. The highest BCUT2D eigenvalue weighted by molar-refractivity contribution is 5.95. The molecule has 0 spiro atoms. The summed E-state index contributed by atoms with van der Waals surface area (Å²) in [6, 6.07) is 11.1. The molecule has 2 fully saturated rings. The fourth-order valence-corrected chi connectivity index (χ4v) is 4.31. The first-order valence-corrected chi connectivity index (χ1v) is 9.71. The molecule has 5 nitrogen and oxygen atoms in total. The van der Waals surface area contributed by atoms with Crippen molar-refractivity contribution in [2.24, 2.45) is 0 Å². The summed E-state index contributed by atoms with van der Waals surface area (Å²) >= 11 is 0. The third-order valence-corrected chi connectivity index (χ3v) is 5.84. The van der Waals surface area contributed by atoms with Gasteiger partial charge in [0, 0.05) is 36.4 Å². The summed E-state index contributed by atoms with van der Waals surface area (Å²) in [5.74, 6) is 0.144. The van der Waals surface area contributed by atoms with E-state index in [0.29, 0.717) is 12.1 Å². The number of likely N-dealkylation sites (tertiary alicyclic amines) is 2. The van der Waals surface area contributed by atoms with Gasteiger partial charge in [-0.1, -0.05) is 6.42 Å². The molecule has 2 aliphatic rings. The van der Waals surface area contributed by atoms with Crippen LogP contribution in [0.5, 0.6) is 0 Å². The van der Waals surface area contributed by atoms with Gasteiger partial charge in [-0.2, -0.15) is 5.10 Å². The van der Waals surface area contributed by atoms with E-state index in [9.17, 15) is 4.79 Å². The van der Waals surface area contributed by atoms with Crippen molar-refractivity contribution >= 4 is 5.91 Å². The second-order valence-corrected chi connectivity index (χ2v) is 7.83. The van der Waals surface area contributed by atoms with Crippen molar-refractivity contribution in [3.63, 3.8) is 0 Å². The van der Waals surface area contributed by atoms with Gasteiger partial charge in [0.2, 0.25) is 0 Å². The van der Waals surface area contributed by atoms with Crippen molar-refractivity contribution < 1.29 is 4.79 Å². The first-order chi connectivity index (χ1) is 12.5. The quantitative estimate of drug-likeness (QED) is 0.852. The predicted molar refractivity (Wildman–Crippen MR) is 103 cm³/mol. The van der Waals surface area contributed by atoms with Gasteiger partial charge in [0.25, 0.3) is 5.91 Å². The zero-order chi connectivity index (χ0) is 18.3. The predicted octanol–water partition coefficient (Wildman–Crippen LogP) is 3.19. The largest absolute Gasteiger partial charge is 0.335 e. The maximum Gasteiger partial charge on any atom is 0.253 e. The van der Waals surface area contributed by atoms with E-state index in [2.05, 4.69) is 23.0 Å². The monoisotopic (exact) mass is 352 g/mol. The molecule has 0 aliphatic carbocycles. The number of nitrogens with zero attached hydrogens (tertiary/aromatic N) is 4. The topological polar surface area (TPSA) is 41.4 Å². The normalized spacial score (nSPS) is 21.7. The average molecular weight is 352 g/mol. The standard InChI is InChI=1S/C21H28N4O/c1-15-12-17(3)25(22-15)19-9-7-18(8-10-19)21(26)23-13-20(14-23)24-11-5-4-6-16(24)2/h7-10,12,16,20H,4-6,11,13-14H2,1-3H3/t16-/m1/s1. The number of hydrogen-bond acceptors (Lipinski definition) is 3. The Morgan fingerprint density at radius 3 is 2.46 bits per heavy atom. The molecule has 1 amide bonds. The number of carbonyl (C=O) groups excluding carboxylic acids is 1. The van der Waals surface area contributed by atoms with Gasteiger partial charge in [-0.05, 0) is 70.5 Å². The molecule has 138 valence electrons. The molecule has 0 bridgehead atoms. The maximum absolute atomic E-state index is 12.7. The lowest BCUT2D eigenvalue weighted by atomic mass is 9.97. The molecule has 5 heteroatoms. The Morgan fingerprint density at radius 2 is 1.85 bits per heavy atom. The highest BCUT2D eigenvalue weighted by Gasteiger charge is 2.37. The summed E-state index contributed by atoms with van der Waals surface area (Å²) in [5.41, 5.74) is 3.86. The van der Waals surface area contributed by atoms with Crippen LogP contribution in [-0.4, -0.2) is 57.2 Å². The molecule has 2 aliphatic heterocycles. The van der Waals surface area contributed by atoms with E-state index in [1.807, 2.05) is 47.7 Å². The average Bonchev–Trinajstić information content (AvgIpc) is 2.93. The van der Waals surface area contributed by atoms with E-state index in [4.69, 9.17) is 0 Å². The van der Waals surface area contributed by atoms with E-state index in [1.165, 1.54) is 25.8 Å². The van der Waals surface area contributed by atoms with Crippen LogP contribution in [0.1, 0.15) is 47.9 Å². The molecule has 1 atom stereocenters. The minimum atomic E-state index is 0.144. The van der Waals surface area contributed by atoms with Crippen molar-refractivity contribution in [1.82, 2.24) is 19.6 Å². The minimum absolute atomic E-state index is 0.144. The van der Waals surface area contributed by atoms with E-state index in [0.717, 1.165) is 35.7 Å². The van der Waals surface area contributed by atoms with Crippen LogP contribution in [0.25, 0.3) is 5.69 Å². The number of carbonyl (C=O) groups is 1. The summed E-state index contributed by atoms with van der Waals surface area (Å²) in [7, 11) is 0. The van der Waals surface area contributed by atoms with E-state index in [-0.39, 0.29) is 5.91 Å². The number of benzene rings is 1.